The zero-order valence-electron chi connectivity index (χ0n) is 15.2. The highest BCUT2D eigenvalue weighted by Gasteiger charge is 2.34. The summed E-state index contributed by atoms with van der Waals surface area (Å²) >= 11 is 0. The van der Waals surface area contributed by atoms with E-state index in [9.17, 15) is 14.7 Å². The first-order chi connectivity index (χ1) is 13.1. The number of nitrogens with zero attached hydrogens (tertiary/aromatic N) is 1. The van der Waals surface area contributed by atoms with E-state index in [1.807, 2.05) is 0 Å². The lowest BCUT2D eigenvalue weighted by molar-refractivity contribution is 0.0227. The summed E-state index contributed by atoms with van der Waals surface area (Å²) in [5, 5.41) is 13.6. The van der Waals surface area contributed by atoms with Gasteiger partial charge in [-0.2, -0.15) is 0 Å². The van der Waals surface area contributed by atoms with Gasteiger partial charge in [-0.1, -0.05) is 24.3 Å². The van der Waals surface area contributed by atoms with Crippen molar-refractivity contribution in [3.05, 3.63) is 58.7 Å². The monoisotopic (exact) mass is 366 g/mol. The van der Waals surface area contributed by atoms with Crippen molar-refractivity contribution in [2.45, 2.75) is 13.0 Å². The van der Waals surface area contributed by atoms with Gasteiger partial charge in [0.1, 0.15) is 5.75 Å². The second-order valence-electron chi connectivity index (χ2n) is 6.96. The van der Waals surface area contributed by atoms with E-state index in [1.165, 1.54) is 6.07 Å². The number of hydrogen-bond acceptors (Lipinski definition) is 6. The van der Waals surface area contributed by atoms with E-state index in [1.54, 1.807) is 30.3 Å². The largest absolute Gasteiger partial charge is 0.507 e. The molecule has 2 aliphatic rings. The van der Waals surface area contributed by atoms with Crippen LogP contribution >= 0.6 is 0 Å². The number of ether oxygens (including phenoxy) is 1. The number of rotatable bonds is 4. The van der Waals surface area contributed by atoms with Gasteiger partial charge in [-0.25, -0.2) is 0 Å². The molecule has 1 aliphatic heterocycles. The first kappa shape index (κ1) is 17.7. The van der Waals surface area contributed by atoms with Crippen LogP contribution in [0.1, 0.15) is 38.8 Å². The lowest BCUT2D eigenvalue weighted by atomic mass is 9.82. The van der Waals surface area contributed by atoms with Gasteiger partial charge in [0.15, 0.2) is 11.6 Å². The molecule has 0 saturated carbocycles. The molecule has 1 fully saturated rings. The molecule has 0 aromatic heterocycles. The lowest BCUT2D eigenvalue weighted by Crippen LogP contribution is -2.45. The number of phenolic OH excluding ortho intramolecular Hbond substituents is 1. The van der Waals surface area contributed by atoms with Crippen molar-refractivity contribution < 1.29 is 19.4 Å². The van der Waals surface area contributed by atoms with Crippen LogP contribution in [-0.2, 0) is 4.74 Å². The van der Waals surface area contributed by atoms with Crippen molar-refractivity contribution >= 4 is 17.3 Å². The van der Waals surface area contributed by atoms with Crippen LogP contribution in [-0.4, -0.2) is 60.5 Å². The van der Waals surface area contributed by atoms with Gasteiger partial charge in [0.25, 0.3) is 0 Å². The van der Waals surface area contributed by atoms with Gasteiger partial charge in [-0.15, -0.1) is 0 Å². The molecule has 0 radical (unpaired) electrons. The molecule has 0 bridgehead atoms. The van der Waals surface area contributed by atoms with Crippen LogP contribution in [0.3, 0.4) is 0 Å². The fourth-order valence-corrected chi connectivity index (χ4v) is 3.76. The number of benzene rings is 2. The number of aromatic hydroxyl groups is 1. The van der Waals surface area contributed by atoms with Gasteiger partial charge in [0.2, 0.25) is 0 Å². The van der Waals surface area contributed by atoms with E-state index in [0.29, 0.717) is 23.4 Å². The molecule has 1 atom stereocenters. The molecule has 2 aromatic rings. The van der Waals surface area contributed by atoms with Gasteiger partial charge in [-0.05, 0) is 19.1 Å². The number of morpholine rings is 1. The predicted molar refractivity (Wildman–Crippen MR) is 102 cm³/mol. The normalized spacial score (nSPS) is 18.0. The van der Waals surface area contributed by atoms with E-state index in [4.69, 9.17) is 4.74 Å². The molecule has 1 aliphatic carbocycles. The summed E-state index contributed by atoms with van der Waals surface area (Å²) in [6, 6.07) is 10.1. The third kappa shape index (κ3) is 3.11. The maximum atomic E-state index is 13.0. The molecule has 2 aromatic carbocycles. The topological polar surface area (TPSA) is 78.9 Å². The van der Waals surface area contributed by atoms with Gasteiger partial charge in [-0.3, -0.25) is 14.5 Å². The van der Waals surface area contributed by atoms with Crippen molar-refractivity contribution in [3.63, 3.8) is 0 Å². The molecule has 2 N–H and O–H groups in total. The fourth-order valence-electron chi connectivity index (χ4n) is 3.76. The summed E-state index contributed by atoms with van der Waals surface area (Å²) in [5.41, 5.74) is 1.64. The Morgan fingerprint density at radius 1 is 1.04 bits per heavy atom. The average molecular weight is 366 g/mol. The molecule has 140 valence electrons. The fraction of sp³-hybridized carbons (Fsp3) is 0.333. The number of fused-ring (bicyclic) bond motifs is 2. The highest BCUT2D eigenvalue weighted by molar-refractivity contribution is 6.31. The van der Waals surface area contributed by atoms with Crippen LogP contribution in [0.5, 0.6) is 5.75 Å². The van der Waals surface area contributed by atoms with Crippen molar-refractivity contribution in [1.29, 1.82) is 0 Å². The predicted octanol–water partition coefficient (Wildman–Crippen LogP) is 2.30. The Bertz CT molecular complexity index is 903. The van der Waals surface area contributed by atoms with Crippen LogP contribution in [0.2, 0.25) is 0 Å². The third-order valence-electron chi connectivity index (χ3n) is 5.31. The number of phenols is 1. The Balaban J connectivity index is 1.64. The Labute approximate surface area is 157 Å². The Kier molecular flexibility index (Phi) is 4.68. The van der Waals surface area contributed by atoms with Crippen molar-refractivity contribution in [2.24, 2.45) is 0 Å². The highest BCUT2D eigenvalue weighted by Crippen LogP contribution is 2.36. The quantitative estimate of drug-likeness (QED) is 0.690. The second kappa shape index (κ2) is 7.13. The molecular weight excluding hydrogens is 344 g/mol. The molecule has 6 nitrogen and oxygen atoms in total. The molecule has 0 amide bonds. The summed E-state index contributed by atoms with van der Waals surface area (Å²) in [4.78, 5) is 28.2. The number of ketones is 2. The lowest BCUT2D eigenvalue weighted by Gasteiger charge is -2.32. The zero-order chi connectivity index (χ0) is 19.0. The van der Waals surface area contributed by atoms with Gasteiger partial charge in [0, 0.05) is 42.5 Å². The number of hydrogen-bond donors (Lipinski definition) is 2. The van der Waals surface area contributed by atoms with Crippen LogP contribution in [0.15, 0.2) is 36.4 Å². The Hall–Kier alpha value is -2.70. The Morgan fingerprint density at radius 3 is 2.33 bits per heavy atom. The first-order valence-corrected chi connectivity index (χ1v) is 9.18. The molecule has 1 saturated heterocycles. The van der Waals surface area contributed by atoms with Crippen LogP contribution < -0.4 is 5.32 Å². The van der Waals surface area contributed by atoms with E-state index < -0.39 is 0 Å². The van der Waals surface area contributed by atoms with Crippen molar-refractivity contribution in [2.75, 3.05) is 38.2 Å². The van der Waals surface area contributed by atoms with Crippen molar-refractivity contribution in [1.82, 2.24) is 4.90 Å². The van der Waals surface area contributed by atoms with E-state index >= 15 is 0 Å². The molecule has 4 rings (SSSR count). The summed E-state index contributed by atoms with van der Waals surface area (Å²) < 4.78 is 5.39. The minimum atomic E-state index is -0.317. The molecule has 6 heteroatoms. The summed E-state index contributed by atoms with van der Waals surface area (Å²) in [6.07, 6.45) is 0. The minimum Gasteiger partial charge on any atom is -0.507 e. The van der Waals surface area contributed by atoms with E-state index in [-0.39, 0.29) is 34.5 Å². The number of anilines is 1. The van der Waals surface area contributed by atoms with Gasteiger partial charge < -0.3 is 15.2 Å². The summed E-state index contributed by atoms with van der Waals surface area (Å²) in [6.45, 7) is 5.95. The van der Waals surface area contributed by atoms with E-state index in [0.717, 1.165) is 26.3 Å². The molecular formula is C21H22N2O4. The average Bonchev–Trinajstić information content (AvgIpc) is 2.71. The molecule has 27 heavy (non-hydrogen) atoms. The van der Waals surface area contributed by atoms with Crippen molar-refractivity contribution in [3.8, 4) is 5.75 Å². The van der Waals surface area contributed by atoms with Crippen LogP contribution in [0.4, 0.5) is 5.69 Å². The highest BCUT2D eigenvalue weighted by atomic mass is 16.5. The number of carbonyl (C=O) groups is 2. The summed E-state index contributed by atoms with van der Waals surface area (Å²) in [7, 11) is 0. The first-order valence-electron chi connectivity index (χ1n) is 9.18. The summed E-state index contributed by atoms with van der Waals surface area (Å²) in [5.74, 6) is -0.718. The van der Waals surface area contributed by atoms with Gasteiger partial charge >= 0.3 is 0 Å². The number of nitrogens with one attached hydrogen (secondary N) is 1. The van der Waals surface area contributed by atoms with Gasteiger partial charge in [0.05, 0.1) is 24.3 Å². The SMILES string of the molecule is CC(CNc1ccc(O)c2c1C(=O)c1ccccc1C2=O)N1CCOCC1. The Morgan fingerprint density at radius 2 is 1.67 bits per heavy atom. The van der Waals surface area contributed by atoms with E-state index in [2.05, 4.69) is 17.1 Å². The smallest absolute Gasteiger partial charge is 0.198 e. The second-order valence-corrected chi connectivity index (χ2v) is 6.96. The van der Waals surface area contributed by atoms with Crippen LogP contribution in [0.25, 0.3) is 0 Å². The van der Waals surface area contributed by atoms with Crippen LogP contribution in [0, 0.1) is 0 Å². The standard InChI is InChI=1S/C21H22N2O4/c1-13(23-8-10-27-11-9-23)12-22-16-6-7-17(24)19-18(16)20(25)14-4-2-3-5-15(14)21(19)26/h2-7,13,22,24H,8-12H2,1H3. The third-order valence-corrected chi connectivity index (χ3v) is 5.31. The zero-order valence-corrected chi connectivity index (χ0v) is 15.2. The maximum absolute atomic E-state index is 13.0. The molecule has 1 heterocycles. The minimum absolute atomic E-state index is 0.0859. The maximum Gasteiger partial charge on any atom is 0.198 e. The molecule has 1 unspecified atom stereocenters. The molecule has 0 spiro atoms. The number of carbonyl (C=O) groups excluding carboxylic acids is 2.